The first-order valence-electron chi connectivity index (χ1n) is 9.23. The molecule has 6 nitrogen and oxygen atoms in total. The summed E-state index contributed by atoms with van der Waals surface area (Å²) < 4.78 is 5.95. The van der Waals surface area contributed by atoms with Crippen molar-refractivity contribution in [3.05, 3.63) is 54.1 Å². The van der Waals surface area contributed by atoms with E-state index in [1.807, 2.05) is 41.3 Å². The van der Waals surface area contributed by atoms with Crippen molar-refractivity contribution in [1.82, 2.24) is 9.80 Å². The summed E-state index contributed by atoms with van der Waals surface area (Å²) in [5, 5.41) is 9.41. The van der Waals surface area contributed by atoms with E-state index in [2.05, 4.69) is 0 Å². The molecule has 3 aliphatic heterocycles. The molecule has 1 spiro atoms. The standard InChI is InChI=1S/C21H20N2O4/c24-17-7-5-15(6-8-17)14-1-3-16(4-2-14)20(26)22-10-9-21-18(22)13-19(25)23(21)11-12-27-21/h1-8,18,24H,9-13H2/t18-,21+/m1/s1. The summed E-state index contributed by atoms with van der Waals surface area (Å²) >= 11 is 0. The molecule has 27 heavy (non-hydrogen) atoms. The zero-order chi connectivity index (χ0) is 18.6. The van der Waals surface area contributed by atoms with Crippen LogP contribution in [0.1, 0.15) is 23.2 Å². The number of hydrogen-bond acceptors (Lipinski definition) is 4. The molecule has 0 unspecified atom stereocenters. The minimum absolute atomic E-state index is 0.0562. The first-order valence-corrected chi connectivity index (χ1v) is 9.23. The summed E-state index contributed by atoms with van der Waals surface area (Å²) in [6.07, 6.45) is 1.03. The molecular weight excluding hydrogens is 344 g/mol. The largest absolute Gasteiger partial charge is 0.508 e. The van der Waals surface area contributed by atoms with Gasteiger partial charge >= 0.3 is 0 Å². The predicted molar refractivity (Wildman–Crippen MR) is 98.0 cm³/mol. The number of ether oxygens (including phenoxy) is 1. The van der Waals surface area contributed by atoms with Crippen LogP contribution < -0.4 is 0 Å². The molecule has 2 amide bonds. The number of hydrogen-bond donors (Lipinski definition) is 1. The van der Waals surface area contributed by atoms with Crippen LogP contribution in [0.4, 0.5) is 0 Å². The fourth-order valence-corrected chi connectivity index (χ4v) is 4.66. The van der Waals surface area contributed by atoms with Crippen molar-refractivity contribution in [3.8, 4) is 16.9 Å². The third-order valence-corrected chi connectivity index (χ3v) is 5.99. The first-order chi connectivity index (χ1) is 13.1. The Hall–Kier alpha value is -2.86. The number of rotatable bonds is 2. The third kappa shape index (κ3) is 2.36. The molecule has 3 saturated heterocycles. The van der Waals surface area contributed by atoms with E-state index >= 15 is 0 Å². The Bertz CT molecular complexity index is 909. The van der Waals surface area contributed by atoms with Crippen LogP contribution in [0.15, 0.2) is 48.5 Å². The van der Waals surface area contributed by atoms with Crippen LogP contribution in [-0.4, -0.2) is 58.2 Å². The molecule has 0 saturated carbocycles. The van der Waals surface area contributed by atoms with Crippen molar-refractivity contribution in [1.29, 1.82) is 0 Å². The second-order valence-electron chi connectivity index (χ2n) is 7.33. The van der Waals surface area contributed by atoms with Gasteiger partial charge in [-0.15, -0.1) is 0 Å². The number of carbonyl (C=O) groups excluding carboxylic acids is 2. The fraction of sp³-hybridized carbons (Fsp3) is 0.333. The molecule has 2 aromatic carbocycles. The van der Waals surface area contributed by atoms with Gasteiger partial charge in [0.1, 0.15) is 5.75 Å². The van der Waals surface area contributed by atoms with E-state index in [4.69, 9.17) is 4.74 Å². The molecule has 0 bridgehead atoms. The maximum absolute atomic E-state index is 13.1. The summed E-state index contributed by atoms with van der Waals surface area (Å²) in [4.78, 5) is 29.0. The maximum atomic E-state index is 13.1. The number of phenols is 1. The topological polar surface area (TPSA) is 70.1 Å². The van der Waals surface area contributed by atoms with Crippen LogP contribution in [0.2, 0.25) is 0 Å². The van der Waals surface area contributed by atoms with Crippen LogP contribution in [-0.2, 0) is 9.53 Å². The molecule has 1 N–H and O–H groups in total. The van der Waals surface area contributed by atoms with Gasteiger partial charge in [0.05, 0.1) is 19.1 Å². The Morgan fingerprint density at radius 3 is 2.41 bits per heavy atom. The van der Waals surface area contributed by atoms with Crippen LogP contribution in [0.3, 0.4) is 0 Å². The number of benzene rings is 2. The van der Waals surface area contributed by atoms with Gasteiger partial charge in [0.2, 0.25) is 5.91 Å². The number of aromatic hydroxyl groups is 1. The molecule has 0 radical (unpaired) electrons. The van der Waals surface area contributed by atoms with Gasteiger partial charge in [-0.05, 0) is 35.4 Å². The highest BCUT2D eigenvalue weighted by molar-refractivity contribution is 5.96. The highest BCUT2D eigenvalue weighted by Crippen LogP contribution is 2.45. The molecule has 0 aliphatic carbocycles. The van der Waals surface area contributed by atoms with Crippen molar-refractivity contribution in [2.24, 2.45) is 0 Å². The van der Waals surface area contributed by atoms with Crippen LogP contribution >= 0.6 is 0 Å². The Balaban J connectivity index is 1.39. The van der Waals surface area contributed by atoms with Crippen molar-refractivity contribution in [3.63, 3.8) is 0 Å². The lowest BCUT2D eigenvalue weighted by Crippen LogP contribution is -2.48. The van der Waals surface area contributed by atoms with Gasteiger partial charge < -0.3 is 19.6 Å². The van der Waals surface area contributed by atoms with E-state index in [0.717, 1.165) is 11.1 Å². The van der Waals surface area contributed by atoms with Crippen molar-refractivity contribution in [2.75, 3.05) is 19.7 Å². The first kappa shape index (κ1) is 16.3. The number of phenolic OH excluding ortho intramolecular Hbond substituents is 1. The van der Waals surface area contributed by atoms with E-state index in [-0.39, 0.29) is 23.6 Å². The summed E-state index contributed by atoms with van der Waals surface area (Å²) in [7, 11) is 0. The molecule has 2 aromatic rings. The fourth-order valence-electron chi connectivity index (χ4n) is 4.66. The highest BCUT2D eigenvalue weighted by Gasteiger charge is 2.62. The van der Waals surface area contributed by atoms with E-state index in [1.165, 1.54) is 0 Å². The molecular formula is C21H20N2O4. The van der Waals surface area contributed by atoms with Crippen molar-refractivity contribution >= 4 is 11.8 Å². The third-order valence-electron chi connectivity index (χ3n) is 5.99. The number of likely N-dealkylation sites (tertiary alicyclic amines) is 1. The van der Waals surface area contributed by atoms with Crippen LogP contribution in [0, 0.1) is 0 Å². The summed E-state index contributed by atoms with van der Waals surface area (Å²) in [6.45, 7) is 1.78. The molecule has 6 heteroatoms. The van der Waals surface area contributed by atoms with Crippen LogP contribution in [0.25, 0.3) is 11.1 Å². The molecule has 3 heterocycles. The number of nitrogens with zero attached hydrogens (tertiary/aromatic N) is 2. The lowest BCUT2D eigenvalue weighted by atomic mass is 10.0. The monoisotopic (exact) mass is 364 g/mol. The second kappa shape index (κ2) is 5.82. The highest BCUT2D eigenvalue weighted by atomic mass is 16.5. The Labute approximate surface area is 157 Å². The van der Waals surface area contributed by atoms with Gasteiger partial charge in [0.25, 0.3) is 5.91 Å². The Kier molecular flexibility index (Phi) is 3.52. The minimum atomic E-state index is -0.598. The summed E-state index contributed by atoms with van der Waals surface area (Å²) in [5.74, 6) is 0.250. The molecule has 5 rings (SSSR count). The Morgan fingerprint density at radius 1 is 1.04 bits per heavy atom. The second-order valence-corrected chi connectivity index (χ2v) is 7.33. The lowest BCUT2D eigenvalue weighted by molar-refractivity contribution is -0.136. The molecule has 3 aliphatic rings. The number of carbonyl (C=O) groups is 2. The van der Waals surface area contributed by atoms with Crippen molar-refractivity contribution < 1.29 is 19.4 Å². The van der Waals surface area contributed by atoms with E-state index in [0.29, 0.717) is 38.1 Å². The van der Waals surface area contributed by atoms with Gasteiger partial charge in [-0.3, -0.25) is 9.59 Å². The zero-order valence-electron chi connectivity index (χ0n) is 14.8. The maximum Gasteiger partial charge on any atom is 0.254 e. The van der Waals surface area contributed by atoms with Gasteiger partial charge in [-0.25, -0.2) is 0 Å². The summed E-state index contributed by atoms with van der Waals surface area (Å²) in [5.41, 5.74) is 1.96. The average molecular weight is 364 g/mol. The summed E-state index contributed by atoms with van der Waals surface area (Å²) in [6, 6.07) is 14.2. The van der Waals surface area contributed by atoms with Gasteiger partial charge in [0.15, 0.2) is 5.72 Å². The zero-order valence-corrected chi connectivity index (χ0v) is 14.8. The average Bonchev–Trinajstić information content (AvgIpc) is 3.33. The smallest absolute Gasteiger partial charge is 0.254 e. The van der Waals surface area contributed by atoms with E-state index < -0.39 is 5.72 Å². The molecule has 3 fully saturated rings. The van der Waals surface area contributed by atoms with Gasteiger partial charge in [-0.2, -0.15) is 0 Å². The SMILES string of the molecule is O=C(c1ccc(-c2ccc(O)cc2)cc1)N1CC[C@@]23OCCN2C(=O)C[C@@H]13. The van der Waals surface area contributed by atoms with E-state index in [9.17, 15) is 14.7 Å². The molecule has 2 atom stereocenters. The van der Waals surface area contributed by atoms with Gasteiger partial charge in [-0.1, -0.05) is 24.3 Å². The lowest BCUT2D eigenvalue weighted by Gasteiger charge is -2.31. The molecule has 138 valence electrons. The quantitative estimate of drug-likeness (QED) is 0.887. The number of amides is 2. The normalized spacial score (nSPS) is 26.4. The predicted octanol–water partition coefficient (Wildman–Crippen LogP) is 2.23. The Morgan fingerprint density at radius 2 is 1.70 bits per heavy atom. The van der Waals surface area contributed by atoms with E-state index in [1.54, 1.807) is 17.0 Å². The minimum Gasteiger partial charge on any atom is -0.508 e. The molecule has 0 aromatic heterocycles. The van der Waals surface area contributed by atoms with Crippen molar-refractivity contribution in [2.45, 2.75) is 24.6 Å². The van der Waals surface area contributed by atoms with Crippen LogP contribution in [0.5, 0.6) is 5.75 Å². The van der Waals surface area contributed by atoms with Gasteiger partial charge in [0, 0.05) is 25.1 Å².